The standard InChI is InChI=1S/C29H35N3O4/c1-5-6-15-32-19(4)25(28(34)36-18(2)3)26(31-29(32)35)21-13-10-14-22(16-21)30-27(33)24-17-23(24)20-11-8-7-9-12-20/h7-14,16,18,23-24,26H,5-6,15,17H2,1-4H3,(H,30,33)(H,31,35). The first-order valence-corrected chi connectivity index (χ1v) is 12.8. The monoisotopic (exact) mass is 489 g/mol. The smallest absolute Gasteiger partial charge is 0.338 e. The van der Waals surface area contributed by atoms with E-state index in [0.717, 1.165) is 19.3 Å². The maximum absolute atomic E-state index is 13.1. The number of allylic oxidation sites excluding steroid dienone is 1. The van der Waals surface area contributed by atoms with Gasteiger partial charge in [0.2, 0.25) is 5.91 Å². The Labute approximate surface area is 212 Å². The summed E-state index contributed by atoms with van der Waals surface area (Å²) in [5.41, 5.74) is 3.53. The average Bonchev–Trinajstić information content (AvgIpc) is 3.65. The van der Waals surface area contributed by atoms with Crippen molar-refractivity contribution in [3.05, 3.63) is 77.0 Å². The molecule has 2 aromatic carbocycles. The van der Waals surface area contributed by atoms with Crippen molar-refractivity contribution < 1.29 is 19.1 Å². The van der Waals surface area contributed by atoms with Crippen LogP contribution in [0.3, 0.4) is 0 Å². The van der Waals surface area contributed by atoms with E-state index in [-0.39, 0.29) is 29.9 Å². The SMILES string of the molecule is CCCCN1C(=O)NC(c2cccc(NC(=O)C3CC3c3ccccc3)c2)C(C(=O)OC(C)C)=C1C. The Balaban J connectivity index is 1.56. The summed E-state index contributed by atoms with van der Waals surface area (Å²) < 4.78 is 5.54. The van der Waals surface area contributed by atoms with Gasteiger partial charge in [-0.3, -0.25) is 9.69 Å². The van der Waals surface area contributed by atoms with Crippen LogP contribution in [0.2, 0.25) is 0 Å². The maximum Gasteiger partial charge on any atom is 0.338 e. The molecule has 0 bridgehead atoms. The van der Waals surface area contributed by atoms with E-state index < -0.39 is 12.0 Å². The number of ether oxygens (including phenoxy) is 1. The van der Waals surface area contributed by atoms with Crippen LogP contribution in [-0.4, -0.2) is 35.5 Å². The second-order valence-electron chi connectivity index (χ2n) is 9.81. The Bertz CT molecular complexity index is 1160. The quantitative estimate of drug-likeness (QED) is 0.454. The molecule has 2 N–H and O–H groups in total. The number of nitrogens with zero attached hydrogens (tertiary/aromatic N) is 1. The fraction of sp³-hybridized carbons (Fsp3) is 0.414. The van der Waals surface area contributed by atoms with Gasteiger partial charge in [0.25, 0.3) is 0 Å². The van der Waals surface area contributed by atoms with Crippen molar-refractivity contribution in [2.24, 2.45) is 5.92 Å². The number of carbonyl (C=O) groups is 3. The van der Waals surface area contributed by atoms with Gasteiger partial charge in [-0.25, -0.2) is 9.59 Å². The highest BCUT2D eigenvalue weighted by molar-refractivity contribution is 5.96. The van der Waals surface area contributed by atoms with Crippen molar-refractivity contribution >= 4 is 23.6 Å². The van der Waals surface area contributed by atoms with Crippen LogP contribution in [0.25, 0.3) is 0 Å². The van der Waals surface area contributed by atoms with Crippen LogP contribution in [0.15, 0.2) is 65.9 Å². The molecule has 0 spiro atoms. The summed E-state index contributed by atoms with van der Waals surface area (Å²) in [5, 5.41) is 6.01. The largest absolute Gasteiger partial charge is 0.459 e. The summed E-state index contributed by atoms with van der Waals surface area (Å²) >= 11 is 0. The number of esters is 1. The number of amides is 3. The lowest BCUT2D eigenvalue weighted by Crippen LogP contribution is -2.48. The van der Waals surface area contributed by atoms with Crippen LogP contribution < -0.4 is 10.6 Å². The summed E-state index contributed by atoms with van der Waals surface area (Å²) in [5.74, 6) is -0.293. The van der Waals surface area contributed by atoms with Gasteiger partial charge in [-0.2, -0.15) is 0 Å². The third-order valence-corrected chi connectivity index (χ3v) is 6.74. The molecule has 0 saturated heterocycles. The van der Waals surface area contributed by atoms with Crippen molar-refractivity contribution in [3.63, 3.8) is 0 Å². The number of unbranched alkanes of at least 4 members (excludes halogenated alkanes) is 1. The Kier molecular flexibility index (Phi) is 7.77. The molecule has 3 atom stereocenters. The Hall–Kier alpha value is -3.61. The van der Waals surface area contributed by atoms with Crippen LogP contribution in [0.5, 0.6) is 0 Å². The summed E-state index contributed by atoms with van der Waals surface area (Å²) in [6, 6.07) is 16.5. The second kappa shape index (κ2) is 11.0. The minimum absolute atomic E-state index is 0.0226. The molecule has 1 aliphatic carbocycles. The van der Waals surface area contributed by atoms with E-state index in [1.165, 1.54) is 5.56 Å². The first kappa shape index (κ1) is 25.5. The molecule has 36 heavy (non-hydrogen) atoms. The van der Waals surface area contributed by atoms with Crippen LogP contribution in [0.1, 0.15) is 70.0 Å². The van der Waals surface area contributed by atoms with Crippen molar-refractivity contribution in [1.82, 2.24) is 10.2 Å². The summed E-state index contributed by atoms with van der Waals surface area (Å²) in [6.07, 6.45) is 2.30. The molecule has 3 amide bonds. The predicted molar refractivity (Wildman–Crippen MR) is 139 cm³/mol. The summed E-state index contributed by atoms with van der Waals surface area (Å²) in [7, 11) is 0. The number of rotatable bonds is 9. The predicted octanol–water partition coefficient (Wildman–Crippen LogP) is 5.52. The molecule has 3 unspecified atom stereocenters. The van der Waals surface area contributed by atoms with Gasteiger partial charge in [0.1, 0.15) is 0 Å². The van der Waals surface area contributed by atoms with Gasteiger partial charge < -0.3 is 15.4 Å². The summed E-state index contributed by atoms with van der Waals surface area (Å²) in [6.45, 7) is 7.98. The molecule has 1 saturated carbocycles. The minimum atomic E-state index is -0.670. The number of anilines is 1. The molecule has 190 valence electrons. The van der Waals surface area contributed by atoms with Gasteiger partial charge >= 0.3 is 12.0 Å². The summed E-state index contributed by atoms with van der Waals surface area (Å²) in [4.78, 5) is 40.6. The fourth-order valence-corrected chi connectivity index (χ4v) is 4.74. The second-order valence-corrected chi connectivity index (χ2v) is 9.81. The zero-order chi connectivity index (χ0) is 25.8. The number of hydrogen-bond acceptors (Lipinski definition) is 4. The maximum atomic E-state index is 13.1. The van der Waals surface area contributed by atoms with E-state index in [2.05, 4.69) is 29.7 Å². The molecule has 1 heterocycles. The first-order valence-electron chi connectivity index (χ1n) is 12.8. The van der Waals surface area contributed by atoms with Gasteiger partial charge in [0, 0.05) is 23.8 Å². The van der Waals surface area contributed by atoms with E-state index in [1.807, 2.05) is 42.5 Å². The lowest BCUT2D eigenvalue weighted by molar-refractivity contribution is -0.143. The molecule has 2 aromatic rings. The molecule has 2 aliphatic rings. The van der Waals surface area contributed by atoms with Gasteiger partial charge in [-0.05, 0) is 62.8 Å². The van der Waals surface area contributed by atoms with Crippen molar-refractivity contribution in [2.45, 2.75) is 65.0 Å². The fourth-order valence-electron chi connectivity index (χ4n) is 4.74. The topological polar surface area (TPSA) is 87.7 Å². The third-order valence-electron chi connectivity index (χ3n) is 6.74. The van der Waals surface area contributed by atoms with Crippen LogP contribution in [-0.2, 0) is 14.3 Å². The van der Waals surface area contributed by atoms with E-state index in [1.54, 1.807) is 25.7 Å². The van der Waals surface area contributed by atoms with E-state index in [4.69, 9.17) is 4.74 Å². The van der Waals surface area contributed by atoms with Crippen molar-refractivity contribution in [1.29, 1.82) is 0 Å². The molecular formula is C29H35N3O4. The van der Waals surface area contributed by atoms with Gasteiger partial charge in [-0.1, -0.05) is 55.8 Å². The molecule has 1 aliphatic heterocycles. The number of urea groups is 1. The Morgan fingerprint density at radius 3 is 2.53 bits per heavy atom. The molecule has 7 nitrogen and oxygen atoms in total. The highest BCUT2D eigenvalue weighted by Gasteiger charge is 2.44. The number of carbonyl (C=O) groups excluding carboxylic acids is 3. The van der Waals surface area contributed by atoms with Gasteiger partial charge in [-0.15, -0.1) is 0 Å². The van der Waals surface area contributed by atoms with Crippen LogP contribution in [0.4, 0.5) is 10.5 Å². The Morgan fingerprint density at radius 2 is 1.83 bits per heavy atom. The lowest BCUT2D eigenvalue weighted by Gasteiger charge is -2.35. The van der Waals surface area contributed by atoms with Crippen molar-refractivity contribution in [3.8, 4) is 0 Å². The van der Waals surface area contributed by atoms with Crippen LogP contribution >= 0.6 is 0 Å². The third kappa shape index (κ3) is 5.61. The number of hydrogen-bond donors (Lipinski definition) is 2. The molecule has 1 fully saturated rings. The van der Waals surface area contributed by atoms with Gasteiger partial charge in [0.15, 0.2) is 0 Å². The molecular weight excluding hydrogens is 454 g/mol. The van der Waals surface area contributed by atoms with E-state index >= 15 is 0 Å². The Morgan fingerprint density at radius 1 is 1.11 bits per heavy atom. The van der Waals surface area contributed by atoms with Crippen LogP contribution in [0, 0.1) is 5.92 Å². The molecule has 0 aromatic heterocycles. The zero-order valence-electron chi connectivity index (χ0n) is 21.4. The van der Waals surface area contributed by atoms with E-state index in [0.29, 0.717) is 29.1 Å². The molecule has 4 rings (SSSR count). The minimum Gasteiger partial charge on any atom is -0.459 e. The van der Waals surface area contributed by atoms with Crippen molar-refractivity contribution in [2.75, 3.05) is 11.9 Å². The normalized spacial score (nSPS) is 21.3. The lowest BCUT2D eigenvalue weighted by atomic mass is 9.94. The average molecular weight is 490 g/mol. The van der Waals surface area contributed by atoms with Gasteiger partial charge in [0.05, 0.1) is 17.7 Å². The first-order chi connectivity index (χ1) is 17.3. The molecule has 0 radical (unpaired) electrons. The number of benzene rings is 2. The zero-order valence-corrected chi connectivity index (χ0v) is 21.4. The van der Waals surface area contributed by atoms with E-state index in [9.17, 15) is 14.4 Å². The highest BCUT2D eigenvalue weighted by Crippen LogP contribution is 2.48. The molecule has 7 heteroatoms. The highest BCUT2D eigenvalue weighted by atomic mass is 16.5. The number of nitrogens with one attached hydrogen (secondary N) is 2.